The van der Waals surface area contributed by atoms with Crippen molar-refractivity contribution in [3.05, 3.63) is 42.2 Å². The third-order valence-electron chi connectivity index (χ3n) is 5.27. The summed E-state index contributed by atoms with van der Waals surface area (Å²) >= 11 is 0. The van der Waals surface area contributed by atoms with Gasteiger partial charge in [0, 0.05) is 31.2 Å². The smallest absolute Gasteiger partial charge is 0.228 e. The van der Waals surface area contributed by atoms with E-state index < -0.39 is 0 Å². The minimum Gasteiger partial charge on any atom is -0.382 e. The highest BCUT2D eigenvalue weighted by atomic mass is 19.1. The molecule has 3 aromatic rings. The molecule has 4 rings (SSSR count). The molecule has 7 nitrogen and oxygen atoms in total. The quantitative estimate of drug-likeness (QED) is 0.646. The Morgan fingerprint density at radius 2 is 1.97 bits per heavy atom. The van der Waals surface area contributed by atoms with Gasteiger partial charge in [0.05, 0.1) is 23.9 Å². The molecule has 30 heavy (non-hydrogen) atoms. The van der Waals surface area contributed by atoms with Gasteiger partial charge < -0.3 is 20.7 Å². The highest BCUT2D eigenvalue weighted by molar-refractivity contribution is 5.87. The molecule has 158 valence electrons. The van der Waals surface area contributed by atoms with Crippen LogP contribution in [0.3, 0.4) is 0 Å². The van der Waals surface area contributed by atoms with Crippen LogP contribution in [0.25, 0.3) is 22.3 Å². The fourth-order valence-electron chi connectivity index (χ4n) is 3.61. The summed E-state index contributed by atoms with van der Waals surface area (Å²) in [5, 5.41) is 3.36. The lowest BCUT2D eigenvalue weighted by molar-refractivity contribution is 0.0247. The van der Waals surface area contributed by atoms with E-state index in [4.69, 9.17) is 15.5 Å². The van der Waals surface area contributed by atoms with E-state index in [-0.39, 0.29) is 18.0 Å². The second-order valence-corrected chi connectivity index (χ2v) is 7.75. The third kappa shape index (κ3) is 4.49. The standard InChI is InChI=1S/C22H27FN6O/c1-14(2)29(11-9-17-13-25-10-12-30-17)22-27-19-8-7-18(26-20(19)21(24)28-22)15-3-5-16(23)6-4-15/h3-8,14,17,25H,9-13H2,1-2H3,(H2,24,27,28). The van der Waals surface area contributed by atoms with Crippen LogP contribution in [0.15, 0.2) is 36.4 Å². The van der Waals surface area contributed by atoms with Gasteiger partial charge in [-0.15, -0.1) is 0 Å². The van der Waals surface area contributed by atoms with E-state index >= 15 is 0 Å². The van der Waals surface area contributed by atoms with Gasteiger partial charge in [0.1, 0.15) is 11.3 Å². The van der Waals surface area contributed by atoms with Gasteiger partial charge >= 0.3 is 0 Å². The largest absolute Gasteiger partial charge is 0.382 e. The summed E-state index contributed by atoms with van der Waals surface area (Å²) in [7, 11) is 0. The number of halogens is 1. The summed E-state index contributed by atoms with van der Waals surface area (Å²) in [6, 6.07) is 10.2. The second-order valence-electron chi connectivity index (χ2n) is 7.75. The summed E-state index contributed by atoms with van der Waals surface area (Å²) in [6.07, 6.45) is 1.08. The van der Waals surface area contributed by atoms with E-state index in [0.29, 0.717) is 28.5 Å². The summed E-state index contributed by atoms with van der Waals surface area (Å²) in [5.41, 5.74) is 9.01. The minimum atomic E-state index is -0.282. The number of nitrogens with one attached hydrogen (secondary N) is 1. The molecule has 3 N–H and O–H groups in total. The van der Waals surface area contributed by atoms with Gasteiger partial charge in [-0.05, 0) is 56.7 Å². The van der Waals surface area contributed by atoms with E-state index in [0.717, 1.165) is 38.2 Å². The lowest BCUT2D eigenvalue weighted by atomic mass is 10.1. The van der Waals surface area contributed by atoms with Gasteiger partial charge in [0.2, 0.25) is 5.95 Å². The molecular formula is C22H27FN6O. The van der Waals surface area contributed by atoms with E-state index in [1.165, 1.54) is 12.1 Å². The molecule has 0 saturated carbocycles. The first kappa shape index (κ1) is 20.4. The molecule has 0 aliphatic carbocycles. The van der Waals surface area contributed by atoms with Crippen molar-refractivity contribution in [3.63, 3.8) is 0 Å². The molecule has 3 heterocycles. The van der Waals surface area contributed by atoms with Crippen LogP contribution in [-0.4, -0.2) is 53.3 Å². The number of anilines is 2. The lowest BCUT2D eigenvalue weighted by Crippen LogP contribution is -2.42. The van der Waals surface area contributed by atoms with Gasteiger partial charge in [0.15, 0.2) is 5.82 Å². The van der Waals surface area contributed by atoms with Crippen molar-refractivity contribution >= 4 is 22.8 Å². The topological polar surface area (TPSA) is 89.2 Å². The van der Waals surface area contributed by atoms with Crippen LogP contribution < -0.4 is 16.0 Å². The normalized spacial score (nSPS) is 16.9. The van der Waals surface area contributed by atoms with Crippen molar-refractivity contribution < 1.29 is 9.13 Å². The van der Waals surface area contributed by atoms with E-state index in [2.05, 4.69) is 34.0 Å². The first-order valence-corrected chi connectivity index (χ1v) is 10.3. The number of hydrogen-bond donors (Lipinski definition) is 2. The minimum absolute atomic E-state index is 0.192. The fraction of sp³-hybridized carbons (Fsp3) is 0.409. The van der Waals surface area contributed by atoms with Crippen LogP contribution in [0.2, 0.25) is 0 Å². The van der Waals surface area contributed by atoms with Crippen molar-refractivity contribution in [2.45, 2.75) is 32.4 Å². The molecule has 1 saturated heterocycles. The Balaban J connectivity index is 1.60. The van der Waals surface area contributed by atoms with E-state index in [9.17, 15) is 4.39 Å². The molecule has 0 radical (unpaired) electrons. The van der Waals surface area contributed by atoms with Crippen molar-refractivity contribution in [1.82, 2.24) is 20.3 Å². The summed E-state index contributed by atoms with van der Waals surface area (Å²) in [4.78, 5) is 16.0. The van der Waals surface area contributed by atoms with Crippen LogP contribution in [0.5, 0.6) is 0 Å². The number of aromatic nitrogens is 3. The molecule has 1 unspecified atom stereocenters. The van der Waals surface area contributed by atoms with Crippen molar-refractivity contribution in [3.8, 4) is 11.3 Å². The Morgan fingerprint density at radius 3 is 2.67 bits per heavy atom. The van der Waals surface area contributed by atoms with E-state index in [1.54, 1.807) is 12.1 Å². The summed E-state index contributed by atoms with van der Waals surface area (Å²) < 4.78 is 19.0. The van der Waals surface area contributed by atoms with E-state index in [1.807, 2.05) is 12.1 Å². The van der Waals surface area contributed by atoms with Crippen molar-refractivity contribution in [2.24, 2.45) is 0 Å². The third-order valence-corrected chi connectivity index (χ3v) is 5.27. The van der Waals surface area contributed by atoms with Crippen LogP contribution in [0, 0.1) is 5.82 Å². The average molecular weight is 410 g/mol. The Bertz CT molecular complexity index is 1000. The molecule has 1 atom stereocenters. The molecular weight excluding hydrogens is 383 g/mol. The zero-order chi connectivity index (χ0) is 21.1. The Kier molecular flexibility index (Phi) is 6.06. The van der Waals surface area contributed by atoms with Crippen LogP contribution in [0.4, 0.5) is 16.2 Å². The monoisotopic (exact) mass is 410 g/mol. The van der Waals surface area contributed by atoms with Crippen molar-refractivity contribution in [1.29, 1.82) is 0 Å². The number of nitrogens with two attached hydrogens (primary N) is 1. The lowest BCUT2D eigenvalue weighted by Gasteiger charge is -2.30. The van der Waals surface area contributed by atoms with Crippen LogP contribution in [-0.2, 0) is 4.74 Å². The molecule has 0 bridgehead atoms. The Labute approximate surface area is 175 Å². The molecule has 1 aliphatic heterocycles. The highest BCUT2D eigenvalue weighted by Crippen LogP contribution is 2.25. The Morgan fingerprint density at radius 1 is 1.17 bits per heavy atom. The average Bonchev–Trinajstić information content (AvgIpc) is 2.75. The number of rotatable bonds is 6. The molecule has 0 amide bonds. The van der Waals surface area contributed by atoms with Gasteiger partial charge in [-0.1, -0.05) is 0 Å². The molecule has 8 heteroatoms. The first-order chi connectivity index (χ1) is 14.5. The van der Waals surface area contributed by atoms with Crippen LogP contribution in [0.1, 0.15) is 20.3 Å². The maximum atomic E-state index is 13.2. The highest BCUT2D eigenvalue weighted by Gasteiger charge is 2.20. The number of nitrogens with zero attached hydrogens (tertiary/aromatic N) is 4. The molecule has 0 spiro atoms. The predicted octanol–water partition coefficient (Wildman–Crippen LogP) is 3.01. The SMILES string of the molecule is CC(C)N(CCC1CNCCO1)c1nc(N)c2nc(-c3ccc(F)cc3)ccc2n1. The van der Waals surface area contributed by atoms with Gasteiger partial charge in [-0.2, -0.15) is 4.98 Å². The first-order valence-electron chi connectivity index (χ1n) is 10.3. The molecule has 1 aliphatic rings. The number of ether oxygens (including phenoxy) is 1. The Hall–Kier alpha value is -2.84. The predicted molar refractivity (Wildman–Crippen MR) is 117 cm³/mol. The maximum absolute atomic E-state index is 13.2. The number of pyridine rings is 1. The van der Waals surface area contributed by atoms with Crippen LogP contribution >= 0.6 is 0 Å². The van der Waals surface area contributed by atoms with Gasteiger partial charge in [-0.3, -0.25) is 0 Å². The number of benzene rings is 1. The fourth-order valence-corrected chi connectivity index (χ4v) is 3.61. The molecule has 2 aromatic heterocycles. The number of morpholine rings is 1. The zero-order valence-corrected chi connectivity index (χ0v) is 17.3. The maximum Gasteiger partial charge on any atom is 0.228 e. The number of hydrogen-bond acceptors (Lipinski definition) is 7. The molecule has 1 aromatic carbocycles. The summed E-state index contributed by atoms with van der Waals surface area (Å²) in [6.45, 7) is 7.51. The second kappa shape index (κ2) is 8.89. The van der Waals surface area contributed by atoms with Crippen molar-refractivity contribution in [2.75, 3.05) is 36.9 Å². The zero-order valence-electron chi connectivity index (χ0n) is 17.3. The molecule has 1 fully saturated rings. The number of fused-ring (bicyclic) bond motifs is 1. The van der Waals surface area contributed by atoms with Gasteiger partial charge in [-0.25, -0.2) is 14.4 Å². The summed E-state index contributed by atoms with van der Waals surface area (Å²) in [5.74, 6) is 0.644. The van der Waals surface area contributed by atoms with Gasteiger partial charge in [0.25, 0.3) is 0 Å². The number of nitrogen functional groups attached to an aromatic ring is 1.